The van der Waals surface area contributed by atoms with E-state index in [-0.39, 0.29) is 17.8 Å². The number of aromatic nitrogens is 1. The quantitative estimate of drug-likeness (QED) is 0.342. The van der Waals surface area contributed by atoms with Gasteiger partial charge in [0.05, 0.1) is 6.54 Å². The van der Waals surface area contributed by atoms with Crippen LogP contribution in [0.25, 0.3) is 17.0 Å². The predicted molar refractivity (Wildman–Crippen MR) is 126 cm³/mol. The molecule has 1 aromatic heterocycles. The standard InChI is InChI=1S/C27H22FN3O2/c1-18-22(21-12-6-8-14-25(21)30(18)16-19-9-3-2-4-10-19)15-24-26(32)31(27(33)29-24)17-20-11-5-7-13-23(20)28/h2-15H,16-17H2,1H3,(H,29,33)/b24-15+. The third-order valence-electron chi connectivity index (χ3n) is 6.00. The Kier molecular flexibility index (Phi) is 5.26. The lowest BCUT2D eigenvalue weighted by Crippen LogP contribution is -2.30. The maximum atomic E-state index is 14.1. The summed E-state index contributed by atoms with van der Waals surface area (Å²) in [4.78, 5) is 26.6. The summed E-state index contributed by atoms with van der Waals surface area (Å²) < 4.78 is 16.3. The number of nitrogens with one attached hydrogen (secondary N) is 1. The van der Waals surface area contributed by atoms with E-state index >= 15 is 0 Å². The van der Waals surface area contributed by atoms with E-state index in [4.69, 9.17) is 0 Å². The van der Waals surface area contributed by atoms with Gasteiger partial charge in [-0.25, -0.2) is 9.18 Å². The summed E-state index contributed by atoms with van der Waals surface area (Å²) in [6.07, 6.45) is 1.72. The maximum absolute atomic E-state index is 14.1. The molecule has 4 aromatic rings. The molecule has 164 valence electrons. The van der Waals surface area contributed by atoms with Crippen molar-refractivity contribution in [3.8, 4) is 0 Å². The molecule has 0 radical (unpaired) electrons. The van der Waals surface area contributed by atoms with Gasteiger partial charge in [0.2, 0.25) is 0 Å². The third-order valence-corrected chi connectivity index (χ3v) is 6.00. The number of amides is 3. The van der Waals surface area contributed by atoms with E-state index in [0.717, 1.165) is 27.1 Å². The summed E-state index contributed by atoms with van der Waals surface area (Å²) in [7, 11) is 0. The molecule has 0 aliphatic carbocycles. The number of urea groups is 1. The van der Waals surface area contributed by atoms with Crippen molar-refractivity contribution >= 4 is 28.9 Å². The Hall–Kier alpha value is -4.19. The number of halogens is 1. The monoisotopic (exact) mass is 439 g/mol. The number of carbonyl (C=O) groups excluding carboxylic acids is 2. The van der Waals surface area contributed by atoms with Crippen molar-refractivity contribution in [3.63, 3.8) is 0 Å². The molecule has 1 aliphatic rings. The fourth-order valence-corrected chi connectivity index (χ4v) is 4.27. The van der Waals surface area contributed by atoms with Crippen molar-refractivity contribution in [1.29, 1.82) is 0 Å². The van der Waals surface area contributed by atoms with Gasteiger partial charge in [0.25, 0.3) is 5.91 Å². The fraction of sp³-hybridized carbons (Fsp3) is 0.111. The molecule has 0 saturated carbocycles. The zero-order valence-corrected chi connectivity index (χ0v) is 18.1. The van der Waals surface area contributed by atoms with Gasteiger partial charge >= 0.3 is 6.03 Å². The Morgan fingerprint density at radius 2 is 1.58 bits per heavy atom. The summed E-state index contributed by atoms with van der Waals surface area (Å²) in [6, 6.07) is 23.7. The van der Waals surface area contributed by atoms with E-state index in [0.29, 0.717) is 6.54 Å². The second kappa shape index (κ2) is 8.39. The number of para-hydroxylation sites is 1. The largest absolute Gasteiger partial charge is 0.340 e. The summed E-state index contributed by atoms with van der Waals surface area (Å²) in [5, 5.41) is 3.65. The summed E-state index contributed by atoms with van der Waals surface area (Å²) in [5.41, 5.74) is 4.55. The number of carbonyl (C=O) groups is 2. The molecule has 3 aromatic carbocycles. The first-order valence-electron chi connectivity index (χ1n) is 10.7. The first-order chi connectivity index (χ1) is 16.0. The molecule has 0 spiro atoms. The smallest absolute Gasteiger partial charge is 0.329 e. The molecule has 2 heterocycles. The van der Waals surface area contributed by atoms with Crippen molar-refractivity contribution in [2.24, 2.45) is 0 Å². The number of nitrogens with zero attached hydrogens (tertiary/aromatic N) is 2. The van der Waals surface area contributed by atoms with Crippen LogP contribution in [0, 0.1) is 12.7 Å². The summed E-state index contributed by atoms with van der Waals surface area (Å²) in [5.74, 6) is -0.919. The minimum absolute atomic E-state index is 0.122. The second-order valence-electron chi connectivity index (χ2n) is 8.06. The zero-order chi connectivity index (χ0) is 22.9. The minimum atomic E-state index is -0.555. The van der Waals surface area contributed by atoms with Gasteiger partial charge in [0.15, 0.2) is 0 Å². The highest BCUT2D eigenvalue weighted by atomic mass is 19.1. The van der Waals surface area contributed by atoms with Gasteiger partial charge in [-0.2, -0.15) is 0 Å². The number of fused-ring (bicyclic) bond motifs is 1. The minimum Gasteiger partial charge on any atom is -0.340 e. The van der Waals surface area contributed by atoms with Crippen LogP contribution in [-0.4, -0.2) is 21.4 Å². The zero-order valence-electron chi connectivity index (χ0n) is 18.1. The molecule has 3 amide bonds. The van der Waals surface area contributed by atoms with Crippen molar-refractivity contribution in [2.45, 2.75) is 20.0 Å². The molecule has 33 heavy (non-hydrogen) atoms. The van der Waals surface area contributed by atoms with Crippen molar-refractivity contribution in [1.82, 2.24) is 14.8 Å². The molecule has 5 nitrogen and oxygen atoms in total. The molecule has 1 fully saturated rings. The molecular formula is C27H22FN3O2. The first kappa shape index (κ1) is 20.7. The lowest BCUT2D eigenvalue weighted by molar-refractivity contribution is -0.123. The van der Waals surface area contributed by atoms with E-state index in [1.165, 1.54) is 11.6 Å². The number of hydrogen-bond acceptors (Lipinski definition) is 2. The van der Waals surface area contributed by atoms with Gasteiger partial charge in [0.1, 0.15) is 11.5 Å². The fourth-order valence-electron chi connectivity index (χ4n) is 4.27. The molecule has 0 unspecified atom stereocenters. The lowest BCUT2D eigenvalue weighted by atomic mass is 10.1. The summed E-state index contributed by atoms with van der Waals surface area (Å²) >= 11 is 0. The van der Waals surface area contributed by atoms with Gasteiger partial charge in [-0.3, -0.25) is 9.69 Å². The van der Waals surface area contributed by atoms with Crippen molar-refractivity contribution < 1.29 is 14.0 Å². The lowest BCUT2D eigenvalue weighted by Gasteiger charge is -2.12. The van der Waals surface area contributed by atoms with Crippen LogP contribution < -0.4 is 5.32 Å². The van der Waals surface area contributed by atoms with Crippen LogP contribution in [-0.2, 0) is 17.9 Å². The Labute approximate surface area is 190 Å². The van der Waals surface area contributed by atoms with Crippen LogP contribution in [0.5, 0.6) is 0 Å². The van der Waals surface area contributed by atoms with Crippen LogP contribution in [0.4, 0.5) is 9.18 Å². The normalized spacial score (nSPS) is 15.0. The van der Waals surface area contributed by atoms with E-state index in [1.54, 1.807) is 24.3 Å². The van der Waals surface area contributed by atoms with Gasteiger partial charge in [-0.05, 0) is 30.7 Å². The molecule has 0 bridgehead atoms. The highest BCUT2D eigenvalue weighted by Crippen LogP contribution is 2.29. The number of rotatable bonds is 5. The Morgan fingerprint density at radius 3 is 2.36 bits per heavy atom. The Balaban J connectivity index is 1.52. The number of imide groups is 1. The molecule has 5 rings (SSSR count). The Morgan fingerprint density at radius 1 is 0.879 bits per heavy atom. The molecular weight excluding hydrogens is 417 g/mol. The maximum Gasteiger partial charge on any atom is 0.329 e. The van der Waals surface area contributed by atoms with Crippen LogP contribution in [0.1, 0.15) is 22.4 Å². The first-order valence-corrected chi connectivity index (χ1v) is 10.7. The van der Waals surface area contributed by atoms with E-state index in [9.17, 15) is 14.0 Å². The summed E-state index contributed by atoms with van der Waals surface area (Å²) in [6.45, 7) is 2.58. The van der Waals surface area contributed by atoms with Gasteiger partial charge in [-0.15, -0.1) is 0 Å². The molecule has 1 aliphatic heterocycles. The highest BCUT2D eigenvalue weighted by Gasteiger charge is 2.34. The van der Waals surface area contributed by atoms with Crippen LogP contribution in [0.15, 0.2) is 84.6 Å². The van der Waals surface area contributed by atoms with E-state index < -0.39 is 17.8 Å². The third kappa shape index (κ3) is 3.80. The van der Waals surface area contributed by atoms with Gasteiger partial charge < -0.3 is 9.88 Å². The van der Waals surface area contributed by atoms with Gasteiger partial charge in [-0.1, -0.05) is 66.7 Å². The van der Waals surface area contributed by atoms with Crippen molar-refractivity contribution in [2.75, 3.05) is 0 Å². The molecule has 0 atom stereocenters. The average molecular weight is 439 g/mol. The molecule has 6 heteroatoms. The Bertz CT molecular complexity index is 1410. The van der Waals surface area contributed by atoms with Crippen molar-refractivity contribution in [3.05, 3.63) is 113 Å². The van der Waals surface area contributed by atoms with Crippen LogP contribution in [0.2, 0.25) is 0 Å². The van der Waals surface area contributed by atoms with E-state index in [1.807, 2.05) is 49.4 Å². The SMILES string of the molecule is Cc1c(/C=C2/NC(=O)N(Cc3ccccc3F)C2=O)c2ccccc2n1Cc1ccccc1. The van der Waals surface area contributed by atoms with E-state index in [2.05, 4.69) is 22.0 Å². The average Bonchev–Trinajstić information content (AvgIpc) is 3.24. The number of benzene rings is 3. The van der Waals surface area contributed by atoms with Crippen LogP contribution in [0.3, 0.4) is 0 Å². The van der Waals surface area contributed by atoms with Gasteiger partial charge in [0, 0.05) is 34.3 Å². The predicted octanol–water partition coefficient (Wildman–Crippen LogP) is 5.23. The number of hydrogen-bond donors (Lipinski definition) is 1. The topological polar surface area (TPSA) is 54.3 Å². The molecule has 1 N–H and O–H groups in total. The highest BCUT2D eigenvalue weighted by molar-refractivity contribution is 6.14. The second-order valence-corrected chi connectivity index (χ2v) is 8.06. The molecule has 1 saturated heterocycles. The van der Waals surface area contributed by atoms with Crippen LogP contribution >= 0.6 is 0 Å².